The Morgan fingerprint density at radius 3 is 2.84 bits per heavy atom. The first-order valence-electron chi connectivity index (χ1n) is 6.46. The number of nitrogens with one attached hydrogen (secondary N) is 2. The first-order valence-corrected chi connectivity index (χ1v) is 8.91. The molecule has 0 saturated carbocycles. The molecule has 2 N–H and O–H groups in total. The van der Waals surface area contributed by atoms with Crippen molar-refractivity contribution in [2.45, 2.75) is 32.2 Å². The first kappa shape index (κ1) is 14.8. The standard InChI is InChI=1S/C13H19BrN2O2S/c1-10-8-11(5-6-13(10)14)16-19(17,18)9-12-4-2-3-7-15-12/h5-6,8,12,15-16H,2-4,7,9H2,1H3. The molecule has 0 aromatic heterocycles. The number of rotatable bonds is 4. The molecule has 1 heterocycles. The Labute approximate surface area is 123 Å². The SMILES string of the molecule is Cc1cc(NS(=O)(=O)CC2CCCCN2)ccc1Br. The molecule has 1 atom stereocenters. The number of aryl methyl sites for hydroxylation is 1. The second kappa shape index (κ2) is 6.24. The van der Waals surface area contributed by atoms with Crippen molar-refractivity contribution in [1.29, 1.82) is 0 Å². The van der Waals surface area contributed by atoms with Gasteiger partial charge in [-0.2, -0.15) is 0 Å². The van der Waals surface area contributed by atoms with Gasteiger partial charge in [0.15, 0.2) is 0 Å². The minimum atomic E-state index is -3.29. The van der Waals surface area contributed by atoms with Gasteiger partial charge < -0.3 is 5.32 Å². The van der Waals surface area contributed by atoms with Crippen LogP contribution in [0.15, 0.2) is 22.7 Å². The van der Waals surface area contributed by atoms with Crippen LogP contribution >= 0.6 is 15.9 Å². The molecule has 0 radical (unpaired) electrons. The summed E-state index contributed by atoms with van der Waals surface area (Å²) in [7, 11) is -3.29. The van der Waals surface area contributed by atoms with Gasteiger partial charge >= 0.3 is 0 Å². The van der Waals surface area contributed by atoms with Crippen molar-refractivity contribution < 1.29 is 8.42 Å². The first-order chi connectivity index (χ1) is 8.96. The molecule has 4 nitrogen and oxygen atoms in total. The second-order valence-corrected chi connectivity index (χ2v) is 7.62. The van der Waals surface area contributed by atoms with Crippen molar-refractivity contribution in [3.63, 3.8) is 0 Å². The van der Waals surface area contributed by atoms with Gasteiger partial charge in [-0.1, -0.05) is 22.4 Å². The van der Waals surface area contributed by atoms with Crippen LogP contribution in [0.1, 0.15) is 24.8 Å². The molecule has 1 unspecified atom stereocenters. The van der Waals surface area contributed by atoms with E-state index in [0.29, 0.717) is 5.69 Å². The molecule has 1 saturated heterocycles. The molecule has 2 rings (SSSR count). The van der Waals surface area contributed by atoms with E-state index in [0.717, 1.165) is 35.8 Å². The monoisotopic (exact) mass is 346 g/mol. The molecule has 1 fully saturated rings. The number of benzene rings is 1. The summed E-state index contributed by atoms with van der Waals surface area (Å²) in [6, 6.07) is 5.52. The lowest BCUT2D eigenvalue weighted by Crippen LogP contribution is -2.40. The molecule has 1 aromatic carbocycles. The number of hydrogen-bond acceptors (Lipinski definition) is 3. The highest BCUT2D eigenvalue weighted by molar-refractivity contribution is 9.10. The average Bonchev–Trinajstić information content (AvgIpc) is 2.34. The third kappa shape index (κ3) is 4.47. The summed E-state index contributed by atoms with van der Waals surface area (Å²) in [6.45, 7) is 2.85. The number of sulfonamides is 1. The molecule has 0 spiro atoms. The lowest BCUT2D eigenvalue weighted by molar-refractivity contribution is 0.424. The fourth-order valence-electron chi connectivity index (χ4n) is 2.26. The van der Waals surface area contributed by atoms with Gasteiger partial charge in [0.2, 0.25) is 10.0 Å². The Hall–Kier alpha value is -0.590. The van der Waals surface area contributed by atoms with E-state index in [-0.39, 0.29) is 11.8 Å². The lowest BCUT2D eigenvalue weighted by Gasteiger charge is -2.23. The smallest absolute Gasteiger partial charge is 0.234 e. The van der Waals surface area contributed by atoms with Gasteiger partial charge in [0, 0.05) is 16.2 Å². The van der Waals surface area contributed by atoms with Crippen LogP contribution in [-0.4, -0.2) is 26.8 Å². The van der Waals surface area contributed by atoms with Crippen LogP contribution < -0.4 is 10.0 Å². The van der Waals surface area contributed by atoms with E-state index < -0.39 is 10.0 Å². The van der Waals surface area contributed by atoms with Crippen molar-refractivity contribution in [1.82, 2.24) is 5.32 Å². The van der Waals surface area contributed by atoms with E-state index in [1.807, 2.05) is 19.1 Å². The number of piperidine rings is 1. The highest BCUT2D eigenvalue weighted by Gasteiger charge is 2.20. The van der Waals surface area contributed by atoms with Crippen LogP contribution in [0, 0.1) is 6.92 Å². The maximum atomic E-state index is 12.1. The average molecular weight is 347 g/mol. The van der Waals surface area contributed by atoms with Gasteiger partial charge in [0.1, 0.15) is 0 Å². The van der Waals surface area contributed by atoms with E-state index in [1.165, 1.54) is 0 Å². The van der Waals surface area contributed by atoms with Gasteiger partial charge in [-0.05, 0) is 50.1 Å². The van der Waals surface area contributed by atoms with E-state index in [4.69, 9.17) is 0 Å². The summed E-state index contributed by atoms with van der Waals surface area (Å²) in [5, 5.41) is 3.25. The van der Waals surface area contributed by atoms with Crippen LogP contribution in [-0.2, 0) is 10.0 Å². The van der Waals surface area contributed by atoms with E-state index in [1.54, 1.807) is 6.07 Å². The van der Waals surface area contributed by atoms with Gasteiger partial charge in [-0.3, -0.25) is 4.72 Å². The Morgan fingerprint density at radius 1 is 1.42 bits per heavy atom. The van der Waals surface area contributed by atoms with E-state index in [9.17, 15) is 8.42 Å². The van der Waals surface area contributed by atoms with Crippen LogP contribution in [0.2, 0.25) is 0 Å². The Balaban J connectivity index is 2.01. The summed E-state index contributed by atoms with van der Waals surface area (Å²) in [5.41, 5.74) is 1.63. The van der Waals surface area contributed by atoms with Crippen LogP contribution in [0.4, 0.5) is 5.69 Å². The predicted octanol–water partition coefficient (Wildman–Crippen LogP) is 2.64. The molecule has 1 aliphatic heterocycles. The quantitative estimate of drug-likeness (QED) is 0.880. The zero-order valence-corrected chi connectivity index (χ0v) is 13.4. The van der Waals surface area contributed by atoms with Crippen LogP contribution in [0.5, 0.6) is 0 Å². The highest BCUT2D eigenvalue weighted by Crippen LogP contribution is 2.21. The molecule has 0 aliphatic carbocycles. The van der Waals surface area contributed by atoms with E-state index in [2.05, 4.69) is 26.0 Å². The van der Waals surface area contributed by atoms with Gasteiger partial charge in [-0.15, -0.1) is 0 Å². The summed E-state index contributed by atoms with van der Waals surface area (Å²) >= 11 is 3.40. The summed E-state index contributed by atoms with van der Waals surface area (Å²) in [5.74, 6) is 0.141. The largest absolute Gasteiger partial charge is 0.313 e. The minimum absolute atomic E-state index is 0.0720. The van der Waals surface area contributed by atoms with Crippen molar-refractivity contribution in [3.05, 3.63) is 28.2 Å². The fraction of sp³-hybridized carbons (Fsp3) is 0.538. The third-order valence-corrected chi connectivity index (χ3v) is 5.54. The Morgan fingerprint density at radius 2 is 2.21 bits per heavy atom. The molecular formula is C13H19BrN2O2S. The fourth-order valence-corrected chi connectivity index (χ4v) is 3.89. The molecule has 106 valence electrons. The van der Waals surface area contributed by atoms with Crippen molar-refractivity contribution in [3.8, 4) is 0 Å². The Kier molecular flexibility index (Phi) is 4.86. The highest BCUT2D eigenvalue weighted by atomic mass is 79.9. The lowest BCUT2D eigenvalue weighted by atomic mass is 10.1. The summed E-state index contributed by atoms with van der Waals surface area (Å²) < 4.78 is 27.8. The molecule has 6 heteroatoms. The number of hydrogen-bond donors (Lipinski definition) is 2. The molecular weight excluding hydrogens is 328 g/mol. The number of halogens is 1. The van der Waals surface area contributed by atoms with Gasteiger partial charge in [0.05, 0.1) is 5.75 Å². The van der Waals surface area contributed by atoms with Crippen molar-refractivity contribution in [2.24, 2.45) is 0 Å². The Bertz CT molecular complexity index is 540. The summed E-state index contributed by atoms with van der Waals surface area (Å²) in [4.78, 5) is 0. The number of anilines is 1. The van der Waals surface area contributed by atoms with Crippen molar-refractivity contribution in [2.75, 3.05) is 17.0 Å². The van der Waals surface area contributed by atoms with Crippen molar-refractivity contribution >= 4 is 31.6 Å². The molecule has 1 aliphatic rings. The topological polar surface area (TPSA) is 58.2 Å². The molecule has 0 bridgehead atoms. The maximum Gasteiger partial charge on any atom is 0.234 e. The minimum Gasteiger partial charge on any atom is -0.313 e. The molecule has 0 amide bonds. The van der Waals surface area contributed by atoms with Crippen LogP contribution in [0.3, 0.4) is 0 Å². The van der Waals surface area contributed by atoms with Crippen LogP contribution in [0.25, 0.3) is 0 Å². The summed E-state index contributed by atoms with van der Waals surface area (Å²) in [6.07, 6.45) is 3.17. The van der Waals surface area contributed by atoms with E-state index >= 15 is 0 Å². The maximum absolute atomic E-state index is 12.1. The zero-order valence-electron chi connectivity index (χ0n) is 10.9. The van der Waals surface area contributed by atoms with Gasteiger partial charge in [0.25, 0.3) is 0 Å². The molecule has 1 aromatic rings. The third-order valence-electron chi connectivity index (χ3n) is 3.26. The van der Waals surface area contributed by atoms with Gasteiger partial charge in [-0.25, -0.2) is 8.42 Å². The second-order valence-electron chi connectivity index (χ2n) is 4.99. The normalized spacial score (nSPS) is 20.2. The zero-order chi connectivity index (χ0) is 13.9. The predicted molar refractivity (Wildman–Crippen MR) is 81.9 cm³/mol. The molecule has 19 heavy (non-hydrogen) atoms.